The van der Waals surface area contributed by atoms with Gasteiger partial charge < -0.3 is 29.7 Å². The van der Waals surface area contributed by atoms with Gasteiger partial charge in [-0.1, -0.05) is 30.3 Å². The molecular formula is C44H48F3N5O6S. The fourth-order valence-corrected chi connectivity index (χ4v) is 7.43. The fourth-order valence-electron chi connectivity index (χ4n) is 6.49. The van der Waals surface area contributed by atoms with Crippen molar-refractivity contribution in [3.63, 3.8) is 0 Å². The van der Waals surface area contributed by atoms with Gasteiger partial charge in [0.05, 0.1) is 55.0 Å². The van der Waals surface area contributed by atoms with Gasteiger partial charge >= 0.3 is 12.2 Å². The van der Waals surface area contributed by atoms with E-state index in [0.29, 0.717) is 22.4 Å². The highest BCUT2D eigenvalue weighted by molar-refractivity contribution is 7.99. The fraction of sp³-hybridized carbons (Fsp3) is 0.386. The molecule has 2 heterocycles. The summed E-state index contributed by atoms with van der Waals surface area (Å²) in [6.45, 7) is 10.7. The lowest BCUT2D eigenvalue weighted by molar-refractivity contribution is -0.118. The van der Waals surface area contributed by atoms with E-state index in [9.17, 15) is 28.4 Å². The standard InChI is InChI=1S/C44H48F3N5O6S/c1-43(2,3)57-41(54)51-39(38(28-10-14-30(45)15-11-28)29-12-16-31(46)17-13-29)40(53)50-37-23-49-22-36(47)35(37)19-18-32-24-52(42(55)58-44(4,5)6)25-33(56-32)26-59-34-9-7-8-27(20-34)21-48/h7-17,20,22-23,32-33,38-39H,18-19,24-26H2,1-6H3,(H,50,53)(H,51,54)/t32-,33+,39+/m1/s1. The Morgan fingerprint density at radius 1 is 0.898 bits per heavy atom. The van der Waals surface area contributed by atoms with Crippen LogP contribution >= 0.6 is 11.8 Å². The third kappa shape index (κ3) is 13.2. The Balaban J connectivity index is 1.41. The van der Waals surface area contributed by atoms with E-state index in [1.165, 1.54) is 66.5 Å². The number of carbonyl (C=O) groups excluding carboxylic acids is 3. The van der Waals surface area contributed by atoms with E-state index in [0.717, 1.165) is 11.1 Å². The van der Waals surface area contributed by atoms with Crippen molar-refractivity contribution in [1.82, 2.24) is 15.2 Å². The number of morpholine rings is 1. The van der Waals surface area contributed by atoms with E-state index in [2.05, 4.69) is 21.7 Å². The molecular weight excluding hydrogens is 784 g/mol. The van der Waals surface area contributed by atoms with E-state index in [-0.39, 0.29) is 37.2 Å². The molecule has 0 aliphatic carbocycles. The van der Waals surface area contributed by atoms with Crippen LogP contribution in [0.15, 0.2) is 90.1 Å². The van der Waals surface area contributed by atoms with Crippen LogP contribution in [-0.4, -0.2) is 76.3 Å². The van der Waals surface area contributed by atoms with Crippen molar-refractivity contribution in [2.75, 3.05) is 24.2 Å². The Hall–Kier alpha value is -5.59. The van der Waals surface area contributed by atoms with Crippen LogP contribution in [0.3, 0.4) is 0 Å². The number of amides is 3. The Labute approximate surface area is 346 Å². The molecule has 312 valence electrons. The highest BCUT2D eigenvalue weighted by Gasteiger charge is 2.36. The second-order valence-corrected chi connectivity index (χ2v) is 17.2. The van der Waals surface area contributed by atoms with Crippen LogP contribution in [0.1, 0.15) is 76.1 Å². The molecule has 0 saturated carbocycles. The number of alkyl carbamates (subject to hydrolysis) is 1. The molecule has 11 nitrogen and oxygen atoms in total. The molecule has 1 aliphatic heterocycles. The zero-order chi connectivity index (χ0) is 42.9. The maximum Gasteiger partial charge on any atom is 0.410 e. The quantitative estimate of drug-likeness (QED) is 0.134. The molecule has 59 heavy (non-hydrogen) atoms. The molecule has 4 aromatic rings. The normalized spacial score (nSPS) is 16.2. The Kier molecular flexibility index (Phi) is 14.7. The predicted molar refractivity (Wildman–Crippen MR) is 217 cm³/mol. The summed E-state index contributed by atoms with van der Waals surface area (Å²) in [5, 5.41) is 14.7. The third-order valence-electron chi connectivity index (χ3n) is 9.01. The van der Waals surface area contributed by atoms with Crippen molar-refractivity contribution < 1.29 is 41.8 Å². The topological polar surface area (TPSA) is 143 Å². The number of halogens is 3. The number of hydrogen-bond donors (Lipinski definition) is 2. The molecule has 2 N–H and O–H groups in total. The first-order chi connectivity index (χ1) is 27.9. The van der Waals surface area contributed by atoms with Gasteiger partial charge in [-0.2, -0.15) is 5.26 Å². The van der Waals surface area contributed by atoms with Crippen LogP contribution in [0.2, 0.25) is 0 Å². The van der Waals surface area contributed by atoms with Gasteiger partial charge in [0.1, 0.15) is 34.7 Å². The summed E-state index contributed by atoms with van der Waals surface area (Å²) in [6.07, 6.45) is 0.125. The SMILES string of the molecule is CC(C)(C)OC(=O)N[C@H](C(=O)Nc1cncc(F)c1CC[C@@H]1CN(C(=O)OC(C)(C)C)C[C@@H](CSc2cccc(C#N)c2)O1)C(c1ccc(F)cc1)c1ccc(F)cc1. The maximum atomic E-state index is 15.7. The first kappa shape index (κ1) is 44.5. The zero-order valence-electron chi connectivity index (χ0n) is 33.8. The van der Waals surface area contributed by atoms with Crippen LogP contribution in [-0.2, 0) is 25.4 Å². The smallest absolute Gasteiger partial charge is 0.410 e. The van der Waals surface area contributed by atoms with E-state index in [4.69, 9.17) is 14.2 Å². The van der Waals surface area contributed by atoms with E-state index in [1.807, 2.05) is 6.07 Å². The van der Waals surface area contributed by atoms with Gasteiger partial charge in [0.15, 0.2) is 0 Å². The molecule has 0 unspecified atom stereocenters. The number of anilines is 1. The summed E-state index contributed by atoms with van der Waals surface area (Å²) in [5.74, 6) is -3.10. The van der Waals surface area contributed by atoms with Gasteiger partial charge in [-0.3, -0.25) is 9.78 Å². The van der Waals surface area contributed by atoms with E-state index < -0.39 is 70.9 Å². The lowest BCUT2D eigenvalue weighted by Gasteiger charge is -2.38. The number of ether oxygens (including phenoxy) is 3. The molecule has 3 amide bonds. The molecule has 1 aliphatic rings. The molecule has 3 aromatic carbocycles. The second-order valence-electron chi connectivity index (χ2n) is 16.1. The number of nitriles is 1. The van der Waals surface area contributed by atoms with E-state index in [1.54, 1.807) is 64.6 Å². The van der Waals surface area contributed by atoms with Gasteiger partial charge in [0.2, 0.25) is 5.91 Å². The molecule has 5 rings (SSSR count). The summed E-state index contributed by atoms with van der Waals surface area (Å²) in [7, 11) is 0. The third-order valence-corrected chi connectivity index (χ3v) is 10.1. The molecule has 3 atom stereocenters. The lowest BCUT2D eigenvalue weighted by Crippen LogP contribution is -2.52. The molecule has 1 fully saturated rings. The van der Waals surface area contributed by atoms with E-state index >= 15 is 4.39 Å². The number of pyridine rings is 1. The number of aromatic nitrogens is 1. The Bertz CT molecular complexity index is 2090. The zero-order valence-corrected chi connectivity index (χ0v) is 34.6. The van der Waals surface area contributed by atoms with Gasteiger partial charge in [-0.15, -0.1) is 11.8 Å². The van der Waals surface area contributed by atoms with Crippen LogP contribution in [0.4, 0.5) is 28.4 Å². The minimum absolute atomic E-state index is 0.0206. The van der Waals surface area contributed by atoms with Crippen LogP contribution in [0.25, 0.3) is 0 Å². The molecule has 1 aromatic heterocycles. The first-order valence-corrected chi connectivity index (χ1v) is 20.1. The maximum absolute atomic E-state index is 15.7. The Morgan fingerprint density at radius 2 is 1.51 bits per heavy atom. The van der Waals surface area contributed by atoms with Crippen molar-refractivity contribution in [1.29, 1.82) is 5.26 Å². The summed E-state index contributed by atoms with van der Waals surface area (Å²) in [6, 6.07) is 18.5. The number of nitrogens with zero attached hydrogens (tertiary/aromatic N) is 3. The number of nitrogens with one attached hydrogen (secondary N) is 2. The van der Waals surface area contributed by atoms with Gasteiger partial charge in [-0.25, -0.2) is 22.8 Å². The minimum atomic E-state index is -1.44. The summed E-state index contributed by atoms with van der Waals surface area (Å²) >= 11 is 1.47. The number of thioether (sulfide) groups is 1. The highest BCUT2D eigenvalue weighted by Crippen LogP contribution is 2.32. The molecule has 0 bridgehead atoms. The van der Waals surface area contributed by atoms with Crippen LogP contribution < -0.4 is 10.6 Å². The van der Waals surface area contributed by atoms with Crippen molar-refractivity contribution in [3.8, 4) is 6.07 Å². The summed E-state index contributed by atoms with van der Waals surface area (Å²) < 4.78 is 61.6. The number of hydrogen-bond acceptors (Lipinski definition) is 9. The predicted octanol–water partition coefficient (Wildman–Crippen LogP) is 8.76. The molecule has 0 radical (unpaired) electrons. The van der Waals surface area contributed by atoms with Crippen LogP contribution in [0.5, 0.6) is 0 Å². The van der Waals surface area contributed by atoms with Crippen molar-refractivity contribution in [2.45, 2.75) is 94.6 Å². The summed E-state index contributed by atoms with van der Waals surface area (Å²) in [4.78, 5) is 47.4. The number of benzene rings is 3. The first-order valence-electron chi connectivity index (χ1n) is 19.1. The van der Waals surface area contributed by atoms with Crippen LogP contribution in [0, 0.1) is 28.8 Å². The summed E-state index contributed by atoms with van der Waals surface area (Å²) in [5.41, 5.74) is -0.213. The number of carbonyl (C=O) groups is 3. The second kappa shape index (κ2) is 19.4. The van der Waals surface area contributed by atoms with Crippen molar-refractivity contribution >= 4 is 35.5 Å². The average molecular weight is 832 g/mol. The van der Waals surface area contributed by atoms with Gasteiger partial charge in [0.25, 0.3) is 0 Å². The monoisotopic (exact) mass is 831 g/mol. The van der Waals surface area contributed by atoms with Crippen molar-refractivity contribution in [3.05, 3.63) is 125 Å². The highest BCUT2D eigenvalue weighted by atomic mass is 32.2. The average Bonchev–Trinajstić information content (AvgIpc) is 3.16. The number of rotatable bonds is 12. The molecule has 0 spiro atoms. The Morgan fingerprint density at radius 3 is 2.10 bits per heavy atom. The largest absolute Gasteiger partial charge is 0.444 e. The molecule has 1 saturated heterocycles. The minimum Gasteiger partial charge on any atom is -0.444 e. The van der Waals surface area contributed by atoms with Crippen molar-refractivity contribution in [2.24, 2.45) is 0 Å². The van der Waals surface area contributed by atoms with Gasteiger partial charge in [-0.05, 0) is 108 Å². The molecule has 15 heteroatoms. The lowest BCUT2D eigenvalue weighted by atomic mass is 9.84. The van der Waals surface area contributed by atoms with Gasteiger partial charge in [0, 0.05) is 22.1 Å².